The molecule has 1 aromatic heterocycles. The molecular weight excluding hydrogens is 266 g/mol. The highest BCUT2D eigenvalue weighted by Crippen LogP contribution is 2.38. The Kier molecular flexibility index (Phi) is 3.73. The number of hydrogen-bond acceptors (Lipinski definition) is 4. The number of ether oxygens (including phenoxy) is 1. The Morgan fingerprint density at radius 3 is 2.86 bits per heavy atom. The number of aromatic amines is 1. The van der Waals surface area contributed by atoms with Crippen molar-refractivity contribution < 1.29 is 9.53 Å². The Labute approximate surface area is 123 Å². The third-order valence-corrected chi connectivity index (χ3v) is 3.76. The number of benzene rings is 1. The molecule has 1 heterocycles. The summed E-state index contributed by atoms with van der Waals surface area (Å²) >= 11 is 0. The molecule has 3 rings (SSSR count). The molecule has 1 aromatic carbocycles. The van der Waals surface area contributed by atoms with Crippen LogP contribution in [0, 0.1) is 6.92 Å². The number of hydrogen-bond donors (Lipinski definition) is 1. The lowest BCUT2D eigenvalue weighted by atomic mass is 9.94. The van der Waals surface area contributed by atoms with Crippen LogP contribution in [0.25, 0.3) is 0 Å². The highest BCUT2D eigenvalue weighted by atomic mass is 16.5. The lowest BCUT2D eigenvalue weighted by Gasteiger charge is -2.15. The maximum absolute atomic E-state index is 12.4. The van der Waals surface area contributed by atoms with Crippen LogP contribution >= 0.6 is 0 Å². The van der Waals surface area contributed by atoms with Crippen molar-refractivity contribution in [2.75, 3.05) is 6.61 Å². The zero-order valence-corrected chi connectivity index (χ0v) is 12.3. The van der Waals surface area contributed by atoms with E-state index < -0.39 is 5.92 Å². The number of carbonyl (C=O) groups is 1. The molecule has 5 heteroatoms. The van der Waals surface area contributed by atoms with E-state index in [-0.39, 0.29) is 5.97 Å². The van der Waals surface area contributed by atoms with Crippen LogP contribution in [-0.4, -0.2) is 27.8 Å². The molecule has 0 spiro atoms. The van der Waals surface area contributed by atoms with Gasteiger partial charge in [0.1, 0.15) is 11.7 Å². The van der Waals surface area contributed by atoms with Crippen LogP contribution in [0.4, 0.5) is 0 Å². The highest BCUT2D eigenvalue weighted by molar-refractivity contribution is 5.81. The van der Waals surface area contributed by atoms with E-state index in [0.29, 0.717) is 18.3 Å². The molecule has 1 N–H and O–H groups in total. The molecular formula is C16H19N3O2. The van der Waals surface area contributed by atoms with E-state index in [0.717, 1.165) is 29.8 Å². The van der Waals surface area contributed by atoms with Crippen molar-refractivity contribution in [3.05, 3.63) is 47.0 Å². The first-order valence-electron chi connectivity index (χ1n) is 7.35. The molecule has 1 atom stereocenters. The zero-order chi connectivity index (χ0) is 14.8. The second kappa shape index (κ2) is 5.68. The van der Waals surface area contributed by atoms with Crippen LogP contribution in [0.2, 0.25) is 0 Å². The Morgan fingerprint density at radius 1 is 1.43 bits per heavy atom. The number of esters is 1. The Balaban J connectivity index is 1.98. The normalized spacial score (nSPS) is 15.7. The fourth-order valence-corrected chi connectivity index (χ4v) is 2.46. The van der Waals surface area contributed by atoms with Crippen molar-refractivity contribution in [1.82, 2.24) is 15.2 Å². The van der Waals surface area contributed by atoms with Gasteiger partial charge in [-0.05, 0) is 37.8 Å². The monoisotopic (exact) mass is 285 g/mol. The average Bonchev–Trinajstić information content (AvgIpc) is 3.21. The maximum atomic E-state index is 12.4. The molecule has 1 aliphatic rings. The zero-order valence-electron chi connectivity index (χ0n) is 12.3. The van der Waals surface area contributed by atoms with Crippen LogP contribution in [0.15, 0.2) is 24.3 Å². The lowest BCUT2D eigenvalue weighted by Crippen LogP contribution is -2.19. The van der Waals surface area contributed by atoms with E-state index in [1.54, 1.807) is 6.92 Å². The van der Waals surface area contributed by atoms with Gasteiger partial charge >= 0.3 is 5.97 Å². The minimum Gasteiger partial charge on any atom is -0.465 e. The largest absolute Gasteiger partial charge is 0.465 e. The second-order valence-electron chi connectivity index (χ2n) is 5.39. The third-order valence-electron chi connectivity index (χ3n) is 3.76. The van der Waals surface area contributed by atoms with Gasteiger partial charge in [0.15, 0.2) is 5.82 Å². The first-order valence-corrected chi connectivity index (χ1v) is 7.35. The summed E-state index contributed by atoms with van der Waals surface area (Å²) in [5.41, 5.74) is 1.94. The molecule has 5 nitrogen and oxygen atoms in total. The van der Waals surface area contributed by atoms with Gasteiger partial charge in [0.25, 0.3) is 0 Å². The summed E-state index contributed by atoms with van der Waals surface area (Å²) in [5, 5.41) is 7.23. The van der Waals surface area contributed by atoms with E-state index in [1.165, 1.54) is 0 Å². The second-order valence-corrected chi connectivity index (χ2v) is 5.39. The van der Waals surface area contributed by atoms with Crippen molar-refractivity contribution in [1.29, 1.82) is 0 Å². The summed E-state index contributed by atoms with van der Waals surface area (Å²) in [4.78, 5) is 16.9. The average molecular weight is 285 g/mol. The summed E-state index contributed by atoms with van der Waals surface area (Å²) in [6.45, 7) is 4.14. The molecule has 0 bridgehead atoms. The maximum Gasteiger partial charge on any atom is 0.321 e. The van der Waals surface area contributed by atoms with Crippen molar-refractivity contribution in [2.45, 2.75) is 38.5 Å². The number of aromatic nitrogens is 3. The molecule has 21 heavy (non-hydrogen) atoms. The molecule has 1 aliphatic carbocycles. The van der Waals surface area contributed by atoms with Gasteiger partial charge in [-0.3, -0.25) is 9.89 Å². The van der Waals surface area contributed by atoms with Gasteiger partial charge in [0, 0.05) is 5.92 Å². The van der Waals surface area contributed by atoms with E-state index in [4.69, 9.17) is 4.74 Å². The van der Waals surface area contributed by atoms with Gasteiger partial charge in [0.2, 0.25) is 0 Å². The fraction of sp³-hybridized carbons (Fsp3) is 0.438. The van der Waals surface area contributed by atoms with Crippen LogP contribution in [0.5, 0.6) is 0 Å². The topological polar surface area (TPSA) is 67.9 Å². The Bertz CT molecular complexity index is 646. The minimum atomic E-state index is -0.560. The van der Waals surface area contributed by atoms with Gasteiger partial charge < -0.3 is 4.74 Å². The van der Waals surface area contributed by atoms with Crippen molar-refractivity contribution in [3.63, 3.8) is 0 Å². The number of rotatable bonds is 5. The lowest BCUT2D eigenvalue weighted by molar-refractivity contribution is -0.144. The first-order chi connectivity index (χ1) is 10.2. The van der Waals surface area contributed by atoms with Gasteiger partial charge in [-0.15, -0.1) is 0 Å². The van der Waals surface area contributed by atoms with Crippen molar-refractivity contribution in [3.8, 4) is 0 Å². The summed E-state index contributed by atoms with van der Waals surface area (Å²) in [7, 11) is 0. The number of H-pyrrole nitrogens is 1. The standard InChI is InChI=1S/C16H19N3O2/c1-3-21-16(20)13(12-7-5-4-6-10(12)2)15-17-14(18-19-15)11-8-9-11/h4-7,11,13H,3,8-9H2,1-2H3,(H,17,18,19). The van der Waals surface area contributed by atoms with Crippen LogP contribution in [-0.2, 0) is 9.53 Å². The van der Waals surface area contributed by atoms with Gasteiger partial charge in [-0.2, -0.15) is 5.10 Å². The Hall–Kier alpha value is -2.17. The number of carbonyl (C=O) groups excluding carboxylic acids is 1. The number of aryl methyl sites for hydroxylation is 1. The third kappa shape index (κ3) is 2.82. The van der Waals surface area contributed by atoms with E-state index in [9.17, 15) is 4.79 Å². The van der Waals surface area contributed by atoms with Crippen LogP contribution in [0.3, 0.4) is 0 Å². The van der Waals surface area contributed by atoms with Crippen LogP contribution in [0.1, 0.15) is 54.4 Å². The molecule has 0 radical (unpaired) electrons. The minimum absolute atomic E-state index is 0.298. The molecule has 0 aliphatic heterocycles. The van der Waals surface area contributed by atoms with Gasteiger partial charge in [0.05, 0.1) is 6.61 Å². The molecule has 1 fully saturated rings. The van der Waals surface area contributed by atoms with Gasteiger partial charge in [-0.25, -0.2) is 4.98 Å². The molecule has 2 aromatic rings. The summed E-state index contributed by atoms with van der Waals surface area (Å²) in [6.07, 6.45) is 2.28. The smallest absolute Gasteiger partial charge is 0.321 e. The molecule has 110 valence electrons. The number of nitrogens with zero attached hydrogens (tertiary/aromatic N) is 2. The summed E-state index contributed by atoms with van der Waals surface area (Å²) in [6, 6.07) is 7.79. The SMILES string of the molecule is CCOC(=O)C(c1n[nH]c(C2CC2)n1)c1ccccc1C. The number of nitrogens with one attached hydrogen (secondary N) is 1. The predicted octanol–water partition coefficient (Wildman–Crippen LogP) is 2.69. The van der Waals surface area contributed by atoms with Crippen molar-refractivity contribution >= 4 is 5.97 Å². The van der Waals surface area contributed by atoms with Crippen molar-refractivity contribution in [2.24, 2.45) is 0 Å². The summed E-state index contributed by atoms with van der Waals surface area (Å²) in [5.74, 6) is 1.01. The molecule has 1 unspecified atom stereocenters. The van der Waals surface area contributed by atoms with Gasteiger partial charge in [-0.1, -0.05) is 24.3 Å². The summed E-state index contributed by atoms with van der Waals surface area (Å²) < 4.78 is 5.22. The highest BCUT2D eigenvalue weighted by Gasteiger charge is 2.32. The molecule has 0 amide bonds. The quantitative estimate of drug-likeness (QED) is 0.858. The molecule has 1 saturated carbocycles. The van der Waals surface area contributed by atoms with E-state index in [1.807, 2.05) is 31.2 Å². The first kappa shape index (κ1) is 13.8. The Morgan fingerprint density at radius 2 is 2.19 bits per heavy atom. The molecule has 0 saturated heterocycles. The van der Waals surface area contributed by atoms with E-state index >= 15 is 0 Å². The fourth-order valence-electron chi connectivity index (χ4n) is 2.46. The predicted molar refractivity (Wildman–Crippen MR) is 78.0 cm³/mol. The van der Waals surface area contributed by atoms with Crippen LogP contribution < -0.4 is 0 Å². The van der Waals surface area contributed by atoms with E-state index in [2.05, 4.69) is 15.2 Å².